The van der Waals surface area contributed by atoms with E-state index >= 15 is 0 Å². The second-order valence-corrected chi connectivity index (χ2v) is 8.61. The fraction of sp³-hybridized carbons (Fsp3) is 0.364. The normalized spacial score (nSPS) is 22.4. The second-order valence-electron chi connectivity index (χ2n) is 8.20. The van der Waals surface area contributed by atoms with Crippen LogP contribution in [0.2, 0.25) is 5.02 Å². The summed E-state index contributed by atoms with van der Waals surface area (Å²) in [5.74, 6) is -0.0136. The number of fused-ring (bicyclic) bond motifs is 3. The summed E-state index contributed by atoms with van der Waals surface area (Å²) in [7, 11) is 0. The number of carbonyl (C=O) groups excluding carboxylic acids is 1. The molecule has 0 spiro atoms. The molecule has 1 aliphatic carbocycles. The Kier molecular flexibility index (Phi) is 5.48. The van der Waals surface area contributed by atoms with Crippen molar-refractivity contribution in [2.24, 2.45) is 5.92 Å². The van der Waals surface area contributed by atoms with Crippen LogP contribution in [0.3, 0.4) is 0 Å². The molecule has 3 aliphatic rings. The molecule has 4 heterocycles. The SMILES string of the molecule is O=C(c1ccccc1-n1nccn1)N1C[C@H]2CC[C@H]1[C@H](Oc1ncc(C(F)(F)F)cc1Cl)C2. The van der Waals surface area contributed by atoms with Crippen molar-refractivity contribution in [1.29, 1.82) is 0 Å². The number of hydrogen-bond donors (Lipinski definition) is 0. The zero-order valence-corrected chi connectivity index (χ0v) is 18.0. The number of pyridine rings is 1. The molecule has 6 rings (SSSR count). The van der Waals surface area contributed by atoms with Crippen LogP contribution in [-0.4, -0.2) is 49.5 Å². The van der Waals surface area contributed by atoms with Crippen LogP contribution in [0.25, 0.3) is 5.69 Å². The molecule has 2 saturated heterocycles. The standard InChI is InChI=1S/C22H19ClF3N5O2/c23-16-10-14(22(24,25)26)11-27-20(16)33-19-9-13-5-6-18(19)30(12-13)21(32)15-3-1-2-4-17(15)31-28-7-8-29-31/h1-4,7-8,10-11,13,18-19H,5-6,9,12H2/t13-,18-,19+/m0/s1. The molecule has 3 aromatic rings. The summed E-state index contributed by atoms with van der Waals surface area (Å²) >= 11 is 6.04. The van der Waals surface area contributed by atoms with Crippen molar-refractivity contribution in [3.05, 3.63) is 65.1 Å². The molecular formula is C22H19ClF3N5O2. The molecule has 0 N–H and O–H groups in total. The number of benzene rings is 1. The van der Waals surface area contributed by atoms with Crippen LogP contribution in [-0.2, 0) is 6.18 Å². The third kappa shape index (κ3) is 4.15. The van der Waals surface area contributed by atoms with E-state index in [2.05, 4.69) is 15.2 Å². The molecule has 1 aromatic carbocycles. The fourth-order valence-electron chi connectivity index (χ4n) is 4.63. The van der Waals surface area contributed by atoms with Gasteiger partial charge in [-0.2, -0.15) is 28.2 Å². The number of para-hydroxylation sites is 1. The van der Waals surface area contributed by atoms with Crippen LogP contribution in [0.15, 0.2) is 48.9 Å². The summed E-state index contributed by atoms with van der Waals surface area (Å²) in [5.41, 5.74) is 0.0928. The van der Waals surface area contributed by atoms with Gasteiger partial charge in [-0.1, -0.05) is 23.7 Å². The van der Waals surface area contributed by atoms with E-state index in [4.69, 9.17) is 16.3 Å². The van der Waals surface area contributed by atoms with E-state index in [-0.39, 0.29) is 28.8 Å². The second kappa shape index (κ2) is 8.33. The van der Waals surface area contributed by atoms with E-state index < -0.39 is 17.8 Å². The van der Waals surface area contributed by atoms with Crippen molar-refractivity contribution in [2.45, 2.75) is 37.6 Å². The molecule has 0 unspecified atom stereocenters. The first kappa shape index (κ1) is 21.7. The third-order valence-corrected chi connectivity index (χ3v) is 6.42. The summed E-state index contributed by atoms with van der Waals surface area (Å²) in [4.78, 5) is 20.5. The minimum atomic E-state index is -4.54. The first-order valence-corrected chi connectivity index (χ1v) is 10.8. The average molecular weight is 478 g/mol. The predicted octanol–water partition coefficient (Wildman–Crippen LogP) is 4.41. The Bertz CT molecular complexity index is 1170. The lowest BCUT2D eigenvalue weighted by Crippen LogP contribution is -2.59. The van der Waals surface area contributed by atoms with Crippen LogP contribution in [0.1, 0.15) is 35.2 Å². The molecule has 1 amide bonds. The summed E-state index contributed by atoms with van der Waals surface area (Å²) in [5, 5.41) is 8.06. The van der Waals surface area contributed by atoms with Crippen molar-refractivity contribution in [2.75, 3.05) is 6.54 Å². The molecule has 3 atom stereocenters. The van der Waals surface area contributed by atoms with Gasteiger partial charge in [0.1, 0.15) is 11.1 Å². The number of rotatable bonds is 4. The van der Waals surface area contributed by atoms with Crippen molar-refractivity contribution < 1.29 is 22.7 Å². The minimum absolute atomic E-state index is 0.0595. The molecule has 33 heavy (non-hydrogen) atoms. The highest BCUT2D eigenvalue weighted by Gasteiger charge is 2.45. The zero-order valence-electron chi connectivity index (χ0n) is 17.2. The number of carbonyl (C=O) groups is 1. The molecule has 0 radical (unpaired) electrons. The molecule has 2 bridgehead atoms. The Morgan fingerprint density at radius 2 is 1.91 bits per heavy atom. The Hall–Kier alpha value is -3.14. The number of piperidine rings is 2. The van der Waals surface area contributed by atoms with Crippen LogP contribution in [0, 0.1) is 5.92 Å². The third-order valence-electron chi connectivity index (χ3n) is 6.15. The lowest BCUT2D eigenvalue weighted by molar-refractivity contribution is -0.137. The van der Waals surface area contributed by atoms with Crippen molar-refractivity contribution in [1.82, 2.24) is 24.9 Å². The summed E-state index contributed by atoms with van der Waals surface area (Å²) in [6.45, 7) is 0.582. The molecule has 11 heteroatoms. The van der Waals surface area contributed by atoms with Gasteiger partial charge in [0.15, 0.2) is 0 Å². The Balaban J connectivity index is 1.40. The topological polar surface area (TPSA) is 73.1 Å². The van der Waals surface area contributed by atoms with Gasteiger partial charge in [0, 0.05) is 12.7 Å². The van der Waals surface area contributed by atoms with Crippen molar-refractivity contribution >= 4 is 17.5 Å². The van der Waals surface area contributed by atoms with Gasteiger partial charge in [0.05, 0.1) is 35.2 Å². The number of alkyl halides is 3. The lowest BCUT2D eigenvalue weighted by Gasteiger charge is -2.49. The molecule has 1 saturated carbocycles. The molecule has 2 aromatic heterocycles. The lowest BCUT2D eigenvalue weighted by atomic mass is 9.77. The average Bonchev–Trinajstić information content (AvgIpc) is 3.34. The minimum Gasteiger partial charge on any atom is -0.471 e. The van der Waals surface area contributed by atoms with E-state index in [1.54, 1.807) is 23.1 Å². The van der Waals surface area contributed by atoms with E-state index in [0.717, 1.165) is 18.9 Å². The van der Waals surface area contributed by atoms with Crippen molar-refractivity contribution in [3.8, 4) is 11.6 Å². The molecular weight excluding hydrogens is 459 g/mol. The van der Waals surface area contributed by atoms with Gasteiger partial charge in [0.2, 0.25) is 5.88 Å². The van der Waals surface area contributed by atoms with Gasteiger partial charge in [-0.25, -0.2) is 4.98 Å². The van der Waals surface area contributed by atoms with Gasteiger partial charge < -0.3 is 9.64 Å². The van der Waals surface area contributed by atoms with Gasteiger partial charge >= 0.3 is 6.18 Å². The number of ether oxygens (including phenoxy) is 1. The molecule has 172 valence electrons. The summed E-state index contributed by atoms with van der Waals surface area (Å²) < 4.78 is 44.7. The quantitative estimate of drug-likeness (QED) is 0.556. The summed E-state index contributed by atoms with van der Waals surface area (Å²) in [6.07, 6.45) is 1.17. The maximum absolute atomic E-state index is 13.6. The van der Waals surface area contributed by atoms with Crippen LogP contribution in [0.5, 0.6) is 5.88 Å². The highest BCUT2D eigenvalue weighted by atomic mass is 35.5. The maximum Gasteiger partial charge on any atom is 0.417 e. The first-order valence-electron chi connectivity index (χ1n) is 10.5. The van der Waals surface area contributed by atoms with Gasteiger partial charge in [-0.05, 0) is 43.4 Å². The van der Waals surface area contributed by atoms with Crippen molar-refractivity contribution in [3.63, 3.8) is 0 Å². The largest absolute Gasteiger partial charge is 0.471 e. The fourth-order valence-corrected chi connectivity index (χ4v) is 4.84. The number of amides is 1. The van der Waals surface area contributed by atoms with Gasteiger partial charge in [0.25, 0.3) is 5.91 Å². The van der Waals surface area contributed by atoms with Crippen LogP contribution < -0.4 is 4.74 Å². The van der Waals surface area contributed by atoms with E-state index in [1.165, 1.54) is 17.2 Å². The van der Waals surface area contributed by atoms with Crippen LogP contribution >= 0.6 is 11.6 Å². The Morgan fingerprint density at radius 3 is 2.61 bits per heavy atom. The monoisotopic (exact) mass is 477 g/mol. The summed E-state index contributed by atoms with van der Waals surface area (Å²) in [6, 6.07) is 7.65. The highest BCUT2D eigenvalue weighted by molar-refractivity contribution is 6.31. The molecule has 2 aliphatic heterocycles. The van der Waals surface area contributed by atoms with Gasteiger partial charge in [-0.15, -0.1) is 0 Å². The first-order chi connectivity index (χ1) is 15.8. The van der Waals surface area contributed by atoms with E-state index in [1.807, 2.05) is 6.07 Å². The van der Waals surface area contributed by atoms with E-state index in [0.29, 0.717) is 30.4 Å². The smallest absolute Gasteiger partial charge is 0.417 e. The zero-order chi connectivity index (χ0) is 23.2. The molecule has 7 nitrogen and oxygen atoms in total. The number of nitrogens with zero attached hydrogens (tertiary/aromatic N) is 5. The predicted molar refractivity (Wildman–Crippen MR) is 112 cm³/mol. The number of halogens is 4. The van der Waals surface area contributed by atoms with Crippen LogP contribution in [0.4, 0.5) is 13.2 Å². The van der Waals surface area contributed by atoms with E-state index in [9.17, 15) is 18.0 Å². The van der Waals surface area contributed by atoms with Gasteiger partial charge in [-0.3, -0.25) is 4.79 Å². The Labute approximate surface area is 192 Å². The Morgan fingerprint density at radius 1 is 1.15 bits per heavy atom. The highest BCUT2D eigenvalue weighted by Crippen LogP contribution is 2.40. The number of aromatic nitrogens is 4. The molecule has 3 fully saturated rings. The number of hydrogen-bond acceptors (Lipinski definition) is 5. The maximum atomic E-state index is 13.6.